The summed E-state index contributed by atoms with van der Waals surface area (Å²) >= 11 is 0. The molecule has 0 radical (unpaired) electrons. The topological polar surface area (TPSA) is 104 Å². The number of urea groups is 1. The fourth-order valence-electron chi connectivity index (χ4n) is 1.31. The van der Waals surface area contributed by atoms with E-state index in [1.165, 1.54) is 4.90 Å². The third-order valence-electron chi connectivity index (χ3n) is 2.30. The Morgan fingerprint density at radius 3 is 2.08 bits per heavy atom. The largest absolute Gasteiger partial charge is 0.479 e. The number of hydrogen-bond acceptors (Lipinski definition) is 3. The molecule has 1 aliphatic rings. The number of primary amides is 1. The second-order valence-corrected chi connectivity index (χ2v) is 3.16. The molecule has 13 heavy (non-hydrogen) atoms. The van der Waals surface area contributed by atoms with Gasteiger partial charge in [0.05, 0.1) is 0 Å². The number of aliphatic carboxylic acids is 1. The van der Waals surface area contributed by atoms with E-state index in [1.807, 2.05) is 0 Å². The van der Waals surface area contributed by atoms with Crippen LogP contribution in [0.3, 0.4) is 0 Å². The number of nitrogens with zero attached hydrogens (tertiary/aromatic N) is 1. The number of carboxylic acids is 1. The summed E-state index contributed by atoms with van der Waals surface area (Å²) in [7, 11) is 0. The van der Waals surface area contributed by atoms with Gasteiger partial charge in [0, 0.05) is 25.9 Å². The maximum absolute atomic E-state index is 10.7. The van der Waals surface area contributed by atoms with E-state index in [-0.39, 0.29) is 25.9 Å². The Balaban J connectivity index is 2.56. The van der Waals surface area contributed by atoms with Gasteiger partial charge in [-0.1, -0.05) is 0 Å². The first-order valence-corrected chi connectivity index (χ1v) is 3.96. The molecular weight excluding hydrogens is 176 g/mol. The van der Waals surface area contributed by atoms with E-state index in [1.54, 1.807) is 0 Å². The van der Waals surface area contributed by atoms with E-state index in [9.17, 15) is 14.7 Å². The third kappa shape index (κ3) is 1.89. The van der Waals surface area contributed by atoms with Crippen LogP contribution in [0.25, 0.3) is 0 Å². The highest BCUT2D eigenvalue weighted by molar-refractivity contribution is 5.78. The predicted molar refractivity (Wildman–Crippen MR) is 43.0 cm³/mol. The zero-order valence-electron chi connectivity index (χ0n) is 7.06. The fraction of sp³-hybridized carbons (Fsp3) is 0.714. The van der Waals surface area contributed by atoms with E-state index in [4.69, 9.17) is 10.8 Å². The zero-order chi connectivity index (χ0) is 10.1. The lowest BCUT2D eigenvalue weighted by Gasteiger charge is -2.34. The molecule has 0 aliphatic carbocycles. The second-order valence-electron chi connectivity index (χ2n) is 3.16. The number of amides is 2. The van der Waals surface area contributed by atoms with Gasteiger partial charge in [0.15, 0.2) is 5.60 Å². The van der Waals surface area contributed by atoms with Crippen LogP contribution in [0.4, 0.5) is 4.79 Å². The Bertz CT molecular complexity index is 233. The summed E-state index contributed by atoms with van der Waals surface area (Å²) in [4.78, 5) is 22.5. The number of nitrogens with two attached hydrogens (primary N) is 1. The van der Waals surface area contributed by atoms with Crippen LogP contribution in [0.2, 0.25) is 0 Å². The van der Waals surface area contributed by atoms with Crippen LogP contribution in [-0.4, -0.2) is 45.8 Å². The van der Waals surface area contributed by atoms with Crippen LogP contribution in [-0.2, 0) is 4.79 Å². The molecule has 0 unspecified atom stereocenters. The second kappa shape index (κ2) is 3.21. The zero-order valence-corrected chi connectivity index (χ0v) is 7.06. The van der Waals surface area contributed by atoms with Gasteiger partial charge < -0.3 is 20.8 Å². The molecule has 1 aliphatic heterocycles. The minimum absolute atomic E-state index is 0.0330. The summed E-state index contributed by atoms with van der Waals surface area (Å²) < 4.78 is 0. The molecule has 1 saturated heterocycles. The van der Waals surface area contributed by atoms with Gasteiger partial charge in [-0.3, -0.25) is 0 Å². The van der Waals surface area contributed by atoms with Gasteiger partial charge in [0.1, 0.15) is 0 Å². The summed E-state index contributed by atoms with van der Waals surface area (Å²) in [6.45, 7) is 0.385. The maximum atomic E-state index is 10.7. The predicted octanol–water partition coefficient (Wildman–Crippen LogP) is -1.02. The van der Waals surface area contributed by atoms with Crippen molar-refractivity contribution in [1.82, 2.24) is 4.90 Å². The van der Waals surface area contributed by atoms with Gasteiger partial charge in [-0.2, -0.15) is 0 Å². The molecule has 0 spiro atoms. The lowest BCUT2D eigenvalue weighted by Crippen LogP contribution is -2.52. The van der Waals surface area contributed by atoms with Crippen molar-refractivity contribution in [3.8, 4) is 0 Å². The monoisotopic (exact) mass is 188 g/mol. The van der Waals surface area contributed by atoms with E-state index >= 15 is 0 Å². The van der Waals surface area contributed by atoms with E-state index < -0.39 is 17.6 Å². The number of carbonyl (C=O) groups excluding carboxylic acids is 1. The van der Waals surface area contributed by atoms with Crippen molar-refractivity contribution in [1.29, 1.82) is 0 Å². The van der Waals surface area contributed by atoms with Crippen molar-refractivity contribution in [3.05, 3.63) is 0 Å². The SMILES string of the molecule is NC(=O)N1CCC(O)(C(=O)O)CC1. The first-order valence-electron chi connectivity index (χ1n) is 3.96. The Kier molecular flexibility index (Phi) is 2.42. The van der Waals surface area contributed by atoms with Crippen LogP contribution in [0.15, 0.2) is 0 Å². The Morgan fingerprint density at radius 2 is 1.77 bits per heavy atom. The molecule has 6 heteroatoms. The summed E-state index contributed by atoms with van der Waals surface area (Å²) in [6, 6.07) is -0.576. The van der Waals surface area contributed by atoms with Gasteiger partial charge in [-0.05, 0) is 0 Å². The number of aliphatic hydroxyl groups is 1. The molecule has 0 saturated carbocycles. The molecule has 0 aromatic heterocycles. The molecular formula is C7H12N2O4. The molecule has 6 nitrogen and oxygen atoms in total. The summed E-state index contributed by atoms with van der Waals surface area (Å²) in [5.41, 5.74) is 3.30. The van der Waals surface area contributed by atoms with E-state index in [0.29, 0.717) is 0 Å². The number of likely N-dealkylation sites (tertiary alicyclic amines) is 1. The van der Waals surface area contributed by atoms with Gasteiger partial charge in [0.25, 0.3) is 0 Å². The van der Waals surface area contributed by atoms with Gasteiger partial charge in [-0.25, -0.2) is 9.59 Å². The average molecular weight is 188 g/mol. The number of hydrogen-bond donors (Lipinski definition) is 3. The lowest BCUT2D eigenvalue weighted by atomic mass is 9.92. The number of rotatable bonds is 1. The van der Waals surface area contributed by atoms with Crippen molar-refractivity contribution >= 4 is 12.0 Å². The molecule has 1 rings (SSSR count). The standard InChI is InChI=1S/C7H12N2O4/c8-6(12)9-3-1-7(13,2-4-9)5(10)11/h13H,1-4H2,(H2,8,12)(H,10,11). The van der Waals surface area contributed by atoms with E-state index in [0.717, 1.165) is 0 Å². The van der Waals surface area contributed by atoms with Crippen LogP contribution in [0.1, 0.15) is 12.8 Å². The van der Waals surface area contributed by atoms with E-state index in [2.05, 4.69) is 0 Å². The first kappa shape index (κ1) is 9.79. The summed E-state index contributed by atoms with van der Waals surface area (Å²) in [5.74, 6) is -1.24. The molecule has 0 atom stereocenters. The van der Waals surface area contributed by atoms with Crippen LogP contribution < -0.4 is 5.73 Å². The first-order chi connectivity index (χ1) is 5.96. The van der Waals surface area contributed by atoms with Gasteiger partial charge in [-0.15, -0.1) is 0 Å². The quantitative estimate of drug-likeness (QED) is 0.489. The highest BCUT2D eigenvalue weighted by Gasteiger charge is 2.39. The Morgan fingerprint density at radius 1 is 1.31 bits per heavy atom. The highest BCUT2D eigenvalue weighted by Crippen LogP contribution is 2.21. The number of piperidine rings is 1. The third-order valence-corrected chi connectivity index (χ3v) is 2.30. The van der Waals surface area contributed by atoms with Crippen LogP contribution >= 0.6 is 0 Å². The molecule has 1 fully saturated rings. The molecule has 74 valence electrons. The van der Waals surface area contributed by atoms with Crippen molar-refractivity contribution in [2.45, 2.75) is 18.4 Å². The number of carboxylic acid groups (broad SMARTS) is 1. The van der Waals surface area contributed by atoms with Gasteiger partial charge in [0.2, 0.25) is 0 Å². The summed E-state index contributed by atoms with van der Waals surface area (Å²) in [6.07, 6.45) is 0.0660. The Labute approximate surface area is 74.9 Å². The van der Waals surface area contributed by atoms with Crippen LogP contribution in [0, 0.1) is 0 Å². The highest BCUT2D eigenvalue weighted by atomic mass is 16.4. The molecule has 4 N–H and O–H groups in total. The average Bonchev–Trinajstić information content (AvgIpc) is 2.04. The molecule has 0 bridgehead atoms. The summed E-state index contributed by atoms with van der Waals surface area (Å²) in [5, 5.41) is 18.1. The van der Waals surface area contributed by atoms with Crippen molar-refractivity contribution in [3.63, 3.8) is 0 Å². The maximum Gasteiger partial charge on any atom is 0.335 e. The van der Waals surface area contributed by atoms with Crippen molar-refractivity contribution < 1.29 is 19.8 Å². The van der Waals surface area contributed by atoms with Crippen molar-refractivity contribution in [2.75, 3.05) is 13.1 Å². The van der Waals surface area contributed by atoms with Crippen LogP contribution in [0.5, 0.6) is 0 Å². The molecule has 0 aromatic carbocycles. The minimum Gasteiger partial charge on any atom is -0.479 e. The Hall–Kier alpha value is -1.30. The number of carbonyl (C=O) groups is 2. The fourth-order valence-corrected chi connectivity index (χ4v) is 1.31. The van der Waals surface area contributed by atoms with Crippen molar-refractivity contribution in [2.24, 2.45) is 5.73 Å². The minimum atomic E-state index is -1.69. The smallest absolute Gasteiger partial charge is 0.335 e. The van der Waals surface area contributed by atoms with Gasteiger partial charge >= 0.3 is 12.0 Å². The molecule has 1 heterocycles. The molecule has 0 aromatic rings. The molecule has 2 amide bonds. The normalized spacial score (nSPS) is 21.2. The lowest BCUT2D eigenvalue weighted by molar-refractivity contribution is -0.162.